The number of aliphatic carboxylic acids is 1. The number of rotatable bonds is 8. The number of nitrogens with one attached hydrogen (secondary N) is 1. The van der Waals surface area contributed by atoms with E-state index in [0.717, 1.165) is 16.0 Å². The van der Waals surface area contributed by atoms with E-state index in [4.69, 9.17) is 10.6 Å². The van der Waals surface area contributed by atoms with Gasteiger partial charge in [-0.2, -0.15) is 4.57 Å². The van der Waals surface area contributed by atoms with Crippen molar-refractivity contribution in [2.24, 2.45) is 5.16 Å². The maximum Gasteiger partial charge on any atom is 0.352 e. The van der Waals surface area contributed by atoms with Crippen LogP contribution in [0.3, 0.4) is 0 Å². The molecule has 3 aromatic rings. The highest BCUT2D eigenvalue weighted by atomic mass is 32.2. The van der Waals surface area contributed by atoms with Gasteiger partial charge in [0.15, 0.2) is 41.1 Å². The third kappa shape index (κ3) is 4.54. The number of thiazole rings is 2. The minimum absolute atomic E-state index is 0.114. The van der Waals surface area contributed by atoms with Crippen molar-refractivity contribution in [2.75, 3.05) is 18.6 Å². The van der Waals surface area contributed by atoms with Gasteiger partial charge in [0.05, 0.1) is 4.70 Å². The number of amides is 2. The van der Waals surface area contributed by atoms with Crippen molar-refractivity contribution in [3.8, 4) is 0 Å². The number of carboxylic acids is 1. The summed E-state index contributed by atoms with van der Waals surface area (Å²) >= 11 is 3.72. The summed E-state index contributed by atoms with van der Waals surface area (Å²) in [7, 11) is 1.27. The smallest absolute Gasteiger partial charge is 0.352 e. The van der Waals surface area contributed by atoms with Crippen LogP contribution in [0.25, 0.3) is 10.2 Å². The van der Waals surface area contributed by atoms with E-state index in [9.17, 15) is 24.3 Å². The van der Waals surface area contributed by atoms with Crippen molar-refractivity contribution < 1.29 is 33.7 Å². The van der Waals surface area contributed by atoms with Gasteiger partial charge in [-0.05, 0) is 0 Å². The monoisotopic (exact) mass is 560 g/mol. The molecule has 0 saturated carbocycles. The average Bonchev–Trinajstić information content (AvgIpc) is 3.50. The molecule has 0 bridgehead atoms. The van der Waals surface area contributed by atoms with E-state index >= 15 is 0 Å². The highest BCUT2D eigenvalue weighted by Gasteiger charge is 2.54. The average molecular weight is 561 g/mol. The maximum absolute atomic E-state index is 13.0. The first-order valence-electron chi connectivity index (χ1n) is 10.6. The van der Waals surface area contributed by atoms with Gasteiger partial charge >= 0.3 is 5.97 Å². The molecule has 2 aliphatic heterocycles. The van der Waals surface area contributed by atoms with Crippen molar-refractivity contribution in [3.05, 3.63) is 45.8 Å². The Morgan fingerprint density at radius 1 is 1.43 bits per heavy atom. The third-order valence-electron chi connectivity index (χ3n) is 5.58. The topological polar surface area (TPSA) is 181 Å². The fourth-order valence-electron chi connectivity index (χ4n) is 4.01. The summed E-state index contributed by atoms with van der Waals surface area (Å²) in [4.78, 5) is 63.3. The normalized spacial score (nSPS) is 19.4. The number of oxime groups is 1. The lowest BCUT2D eigenvalue weighted by Crippen LogP contribution is -2.71. The summed E-state index contributed by atoms with van der Waals surface area (Å²) in [5, 5.41) is 17.8. The second-order valence-electron chi connectivity index (χ2n) is 7.85. The second-order valence-corrected chi connectivity index (χ2v) is 10.9. The molecule has 2 atom stereocenters. The summed E-state index contributed by atoms with van der Waals surface area (Å²) < 4.78 is 2.59. The van der Waals surface area contributed by atoms with Crippen LogP contribution in [0.1, 0.15) is 15.5 Å². The van der Waals surface area contributed by atoms with Crippen LogP contribution < -0.4 is 15.6 Å². The first-order valence-corrected chi connectivity index (χ1v) is 13.3. The highest BCUT2D eigenvalue weighted by Crippen LogP contribution is 2.40. The lowest BCUT2D eigenvalue weighted by Gasteiger charge is -2.49. The maximum atomic E-state index is 13.0. The first kappa shape index (κ1) is 24.8. The van der Waals surface area contributed by atoms with Crippen LogP contribution in [0, 0.1) is 0 Å². The Labute approximate surface area is 220 Å². The fraction of sp³-hybridized carbons (Fsp3) is 0.238. The number of nitrogens with zero attached hydrogens (tertiary/aromatic N) is 5. The van der Waals surface area contributed by atoms with Gasteiger partial charge in [0.1, 0.15) is 35.4 Å². The number of aldehydes is 1. The van der Waals surface area contributed by atoms with Gasteiger partial charge < -0.3 is 21.0 Å². The number of hydrogen-bond acceptors (Lipinski definition) is 12. The molecule has 3 aromatic heterocycles. The van der Waals surface area contributed by atoms with Crippen LogP contribution in [0.15, 0.2) is 40.3 Å². The van der Waals surface area contributed by atoms with Gasteiger partial charge in [-0.1, -0.05) is 5.16 Å². The molecule has 5 rings (SSSR count). The Balaban J connectivity index is 1.36. The Morgan fingerprint density at radius 2 is 2.24 bits per heavy atom. The molecule has 13 nitrogen and oxygen atoms in total. The Bertz CT molecular complexity index is 1510. The van der Waals surface area contributed by atoms with Crippen LogP contribution in [0.5, 0.6) is 0 Å². The molecule has 190 valence electrons. The van der Waals surface area contributed by atoms with E-state index in [1.54, 1.807) is 23.0 Å². The van der Waals surface area contributed by atoms with Crippen LogP contribution in [-0.2, 0) is 25.8 Å². The predicted octanol–water partition coefficient (Wildman–Crippen LogP) is 0.224. The molecule has 1 fully saturated rings. The number of β-lactam (4-membered cyclic amide) rings is 1. The number of anilines is 1. The largest absolute Gasteiger partial charge is 0.477 e. The minimum Gasteiger partial charge on any atom is -0.477 e. The van der Waals surface area contributed by atoms with Crippen molar-refractivity contribution in [1.82, 2.24) is 20.2 Å². The van der Waals surface area contributed by atoms with Crippen molar-refractivity contribution in [3.63, 3.8) is 0 Å². The van der Waals surface area contributed by atoms with Crippen LogP contribution in [0.2, 0.25) is 0 Å². The number of carbonyl (C=O) groups excluding carboxylic acids is 3. The molecule has 4 N–H and O–H groups in total. The summed E-state index contributed by atoms with van der Waals surface area (Å²) in [6.45, 7) is 0.210. The molecule has 0 aliphatic carbocycles. The number of carboxylic acid groups (broad SMARTS) is 1. The molecule has 1 saturated heterocycles. The first-order chi connectivity index (χ1) is 17.8. The molecule has 5 heterocycles. The molecule has 37 heavy (non-hydrogen) atoms. The lowest BCUT2D eigenvalue weighted by molar-refractivity contribution is -0.687. The van der Waals surface area contributed by atoms with Gasteiger partial charge in [-0.3, -0.25) is 19.3 Å². The zero-order chi connectivity index (χ0) is 26.3. The molecule has 0 aromatic carbocycles. The SMILES string of the molecule is CON=C(C(=O)NC1C(=O)N2C(C(=O)O)=C(C[n+]3ccc4sc(C=O)nc4c3)CS[C@@H]12)c1csc(N)n1. The van der Waals surface area contributed by atoms with Crippen LogP contribution in [0.4, 0.5) is 5.13 Å². The van der Waals surface area contributed by atoms with Crippen molar-refractivity contribution in [2.45, 2.75) is 18.0 Å². The Morgan fingerprint density at radius 3 is 2.92 bits per heavy atom. The van der Waals surface area contributed by atoms with Gasteiger partial charge in [0.2, 0.25) is 0 Å². The van der Waals surface area contributed by atoms with Crippen molar-refractivity contribution in [1.29, 1.82) is 0 Å². The third-order valence-corrected chi connectivity index (χ3v) is 8.55. The second kappa shape index (κ2) is 9.87. The van der Waals surface area contributed by atoms with E-state index < -0.39 is 29.2 Å². The molecule has 2 aliphatic rings. The van der Waals surface area contributed by atoms with Gasteiger partial charge in [-0.25, -0.2) is 14.8 Å². The quantitative estimate of drug-likeness (QED) is 0.113. The number of fused-ring (bicyclic) bond motifs is 2. The van der Waals surface area contributed by atoms with Crippen LogP contribution in [-0.4, -0.2) is 74.0 Å². The zero-order valence-electron chi connectivity index (χ0n) is 19.0. The number of carbonyl (C=O) groups is 4. The Kier molecular flexibility index (Phi) is 6.61. The summed E-state index contributed by atoms with van der Waals surface area (Å²) in [5.74, 6) is -2.16. The van der Waals surface area contributed by atoms with Crippen molar-refractivity contribution >= 4 is 79.6 Å². The van der Waals surface area contributed by atoms with E-state index in [0.29, 0.717) is 28.1 Å². The van der Waals surface area contributed by atoms with E-state index in [2.05, 4.69) is 20.4 Å². The van der Waals surface area contributed by atoms with Gasteiger partial charge in [0, 0.05) is 22.8 Å². The molecular weight excluding hydrogens is 542 g/mol. The van der Waals surface area contributed by atoms with Gasteiger partial charge in [-0.15, -0.1) is 34.4 Å². The number of pyridine rings is 1. The molecular formula is C21H18N7O6S3+. The number of nitrogen functional groups attached to an aromatic ring is 1. The standard InChI is InChI=1S/C21H17N7O6S3/c1-34-26-14(11-8-36-21(22)24-11)17(30)25-15-18(31)28-16(20(32)33)9(7-35-19(15)28)4-27-3-2-12-10(5-27)23-13(6-29)37-12/h2-3,5-6,8,15,19H,4,7H2,1H3,(H3-,22,24,25,30,32,33)/p+1/t15?,19-/m0/s1. The summed E-state index contributed by atoms with van der Waals surface area (Å²) in [5.41, 5.74) is 6.73. The molecule has 0 spiro atoms. The Hall–Kier alpha value is -3.89. The number of nitrogens with two attached hydrogens (primary N) is 1. The molecule has 1 unspecified atom stereocenters. The van der Waals surface area contributed by atoms with Crippen LogP contribution >= 0.6 is 34.4 Å². The predicted molar refractivity (Wildman–Crippen MR) is 135 cm³/mol. The zero-order valence-corrected chi connectivity index (χ0v) is 21.4. The highest BCUT2D eigenvalue weighted by molar-refractivity contribution is 8.00. The number of hydrogen-bond donors (Lipinski definition) is 3. The lowest BCUT2D eigenvalue weighted by atomic mass is 10.0. The summed E-state index contributed by atoms with van der Waals surface area (Å²) in [6.07, 6.45) is 4.17. The fourth-order valence-corrected chi connectivity index (χ4v) is 6.65. The number of aromatic nitrogens is 3. The molecule has 2 amide bonds. The minimum atomic E-state index is -1.24. The van der Waals surface area contributed by atoms with E-state index in [-0.39, 0.29) is 28.8 Å². The number of thioether (sulfide) groups is 1. The molecule has 16 heteroatoms. The van der Waals surface area contributed by atoms with Gasteiger partial charge in [0.25, 0.3) is 11.8 Å². The molecule has 0 radical (unpaired) electrons. The van der Waals surface area contributed by atoms with E-state index in [1.165, 1.54) is 40.5 Å². The summed E-state index contributed by atoms with van der Waals surface area (Å²) in [6, 6.07) is 0.849. The van der Waals surface area contributed by atoms with E-state index in [1.807, 2.05) is 0 Å².